The first kappa shape index (κ1) is 14.2. The Hall–Kier alpha value is -2.21. The van der Waals surface area contributed by atoms with Crippen molar-refractivity contribution in [2.24, 2.45) is 0 Å². The Labute approximate surface area is 121 Å². The Morgan fingerprint density at radius 2 is 2.00 bits per heavy atom. The van der Waals surface area contributed by atoms with Crippen LogP contribution in [0.5, 0.6) is 0 Å². The van der Waals surface area contributed by atoms with Crippen molar-refractivity contribution in [1.82, 2.24) is 4.98 Å². The number of carbonyl (C=O) groups excluding carboxylic acids is 2. The predicted molar refractivity (Wildman–Crippen MR) is 74.5 cm³/mol. The zero-order valence-electron chi connectivity index (χ0n) is 10.6. The Balaban J connectivity index is 2.21. The lowest BCUT2D eigenvalue weighted by atomic mass is 10.1. The van der Waals surface area contributed by atoms with Crippen LogP contribution in [0.1, 0.15) is 20.8 Å². The second kappa shape index (κ2) is 6.81. The second-order valence-corrected chi connectivity index (χ2v) is 4.20. The molecule has 5 nitrogen and oxygen atoms in total. The molecule has 1 aromatic carbocycles. The van der Waals surface area contributed by atoms with Crippen LogP contribution < -0.4 is 4.57 Å². The monoisotopic (exact) mass is 289 g/mol. The summed E-state index contributed by atoms with van der Waals surface area (Å²) in [5.41, 5.74) is 0.802. The highest BCUT2D eigenvalue weighted by Gasteiger charge is 2.23. The molecule has 1 heterocycles. The standard InChI is InChI=1S/C14H12N2O3S/c17-13(11-4-2-1-3-5-11)9-16-7-6-15-8-12(16)14(18)19-10-20/h1-8H,9-10H2/p+1. The number of benzene rings is 1. The largest absolute Gasteiger partial charge is 0.447 e. The van der Waals surface area contributed by atoms with Crippen LogP contribution in [0.15, 0.2) is 48.9 Å². The molecule has 0 bridgehead atoms. The van der Waals surface area contributed by atoms with Gasteiger partial charge in [-0.15, -0.1) is 12.6 Å². The van der Waals surface area contributed by atoms with Crippen LogP contribution in [-0.2, 0) is 11.3 Å². The van der Waals surface area contributed by atoms with Gasteiger partial charge in [-0.2, -0.15) is 4.57 Å². The van der Waals surface area contributed by atoms with E-state index in [0.717, 1.165) is 0 Å². The van der Waals surface area contributed by atoms with E-state index in [4.69, 9.17) is 4.74 Å². The molecule has 20 heavy (non-hydrogen) atoms. The van der Waals surface area contributed by atoms with E-state index >= 15 is 0 Å². The lowest BCUT2D eigenvalue weighted by molar-refractivity contribution is -0.686. The molecule has 0 unspecified atom stereocenters. The van der Waals surface area contributed by atoms with Gasteiger partial charge in [0.15, 0.2) is 6.20 Å². The van der Waals surface area contributed by atoms with E-state index in [1.165, 1.54) is 17.0 Å². The normalized spacial score (nSPS) is 10.1. The molecule has 0 radical (unpaired) electrons. The number of aromatic nitrogens is 2. The second-order valence-electron chi connectivity index (χ2n) is 3.94. The van der Waals surface area contributed by atoms with E-state index in [2.05, 4.69) is 17.6 Å². The number of nitrogens with zero attached hydrogens (tertiary/aromatic N) is 2. The molecule has 0 saturated heterocycles. The zero-order chi connectivity index (χ0) is 14.4. The minimum atomic E-state index is -0.561. The molecular weight excluding hydrogens is 276 g/mol. The van der Waals surface area contributed by atoms with E-state index in [1.807, 2.05) is 6.07 Å². The molecule has 0 aliphatic carbocycles. The zero-order valence-corrected chi connectivity index (χ0v) is 11.5. The van der Waals surface area contributed by atoms with Crippen molar-refractivity contribution in [2.75, 3.05) is 5.94 Å². The molecule has 6 heteroatoms. The van der Waals surface area contributed by atoms with Crippen LogP contribution in [0.3, 0.4) is 0 Å². The van der Waals surface area contributed by atoms with E-state index in [9.17, 15) is 9.59 Å². The van der Waals surface area contributed by atoms with Crippen molar-refractivity contribution < 1.29 is 18.9 Å². The minimum absolute atomic E-state index is 0.0274. The van der Waals surface area contributed by atoms with Gasteiger partial charge in [0, 0.05) is 5.56 Å². The summed E-state index contributed by atoms with van der Waals surface area (Å²) in [4.78, 5) is 27.7. The molecule has 0 aliphatic rings. The van der Waals surface area contributed by atoms with Crippen molar-refractivity contribution in [3.05, 3.63) is 60.2 Å². The van der Waals surface area contributed by atoms with Gasteiger partial charge in [0.25, 0.3) is 0 Å². The molecular formula is C14H13N2O3S+. The molecule has 1 aromatic heterocycles. The Morgan fingerprint density at radius 3 is 2.70 bits per heavy atom. The summed E-state index contributed by atoms with van der Waals surface area (Å²) in [5, 5.41) is 0. The fourth-order valence-corrected chi connectivity index (χ4v) is 1.81. The van der Waals surface area contributed by atoms with Crippen molar-refractivity contribution in [3.63, 3.8) is 0 Å². The third kappa shape index (κ3) is 3.42. The fraction of sp³-hybridized carbons (Fsp3) is 0.143. The summed E-state index contributed by atoms with van der Waals surface area (Å²) < 4.78 is 6.32. The average Bonchev–Trinajstić information content (AvgIpc) is 2.49. The van der Waals surface area contributed by atoms with Gasteiger partial charge >= 0.3 is 11.7 Å². The van der Waals surface area contributed by atoms with Gasteiger partial charge in [0.2, 0.25) is 12.3 Å². The molecule has 0 saturated carbocycles. The summed E-state index contributed by atoms with van der Waals surface area (Å²) >= 11 is 3.83. The maximum absolute atomic E-state index is 12.1. The lowest BCUT2D eigenvalue weighted by Crippen LogP contribution is -2.44. The number of ketones is 1. The van der Waals surface area contributed by atoms with Crippen molar-refractivity contribution >= 4 is 24.4 Å². The molecule has 102 valence electrons. The van der Waals surface area contributed by atoms with Crippen LogP contribution in [0.25, 0.3) is 0 Å². The first-order chi connectivity index (χ1) is 9.72. The Bertz CT molecular complexity index is 617. The smallest absolute Gasteiger partial charge is 0.406 e. The van der Waals surface area contributed by atoms with Crippen LogP contribution in [0.4, 0.5) is 0 Å². The summed E-state index contributed by atoms with van der Waals surface area (Å²) in [7, 11) is 0. The fourth-order valence-electron chi connectivity index (χ4n) is 1.70. The summed E-state index contributed by atoms with van der Waals surface area (Å²) in [6.07, 6.45) is 4.44. The van der Waals surface area contributed by atoms with Gasteiger partial charge in [0.05, 0.1) is 6.20 Å². The van der Waals surface area contributed by atoms with E-state index in [0.29, 0.717) is 5.56 Å². The molecule has 2 rings (SSSR count). The van der Waals surface area contributed by atoms with Crippen molar-refractivity contribution in [3.8, 4) is 0 Å². The average molecular weight is 289 g/mol. The van der Waals surface area contributed by atoms with Crippen LogP contribution in [0, 0.1) is 0 Å². The third-order valence-electron chi connectivity index (χ3n) is 2.65. The number of hydrogen-bond donors (Lipinski definition) is 1. The maximum atomic E-state index is 12.1. The van der Waals surface area contributed by atoms with Gasteiger partial charge in [-0.3, -0.25) is 9.78 Å². The van der Waals surface area contributed by atoms with E-state index in [1.54, 1.807) is 30.5 Å². The summed E-state index contributed by atoms with van der Waals surface area (Å²) in [6.45, 7) is 0.0452. The Morgan fingerprint density at radius 1 is 1.25 bits per heavy atom. The number of carbonyl (C=O) groups is 2. The topological polar surface area (TPSA) is 60.1 Å². The van der Waals surface area contributed by atoms with Gasteiger partial charge in [0.1, 0.15) is 12.1 Å². The predicted octanol–water partition coefficient (Wildman–Crippen LogP) is 1.30. The van der Waals surface area contributed by atoms with Crippen LogP contribution in [0.2, 0.25) is 0 Å². The highest BCUT2D eigenvalue weighted by atomic mass is 32.1. The number of ether oxygens (including phenoxy) is 1. The molecule has 0 aliphatic heterocycles. The molecule has 0 amide bonds. The number of hydrogen-bond acceptors (Lipinski definition) is 5. The minimum Gasteiger partial charge on any atom is -0.447 e. The highest BCUT2D eigenvalue weighted by Crippen LogP contribution is 2.01. The molecule has 0 fully saturated rings. The van der Waals surface area contributed by atoms with Crippen molar-refractivity contribution in [2.45, 2.75) is 6.54 Å². The highest BCUT2D eigenvalue weighted by molar-refractivity contribution is 7.80. The van der Waals surface area contributed by atoms with Gasteiger partial charge in [-0.25, -0.2) is 4.79 Å². The molecule has 0 N–H and O–H groups in total. The third-order valence-corrected chi connectivity index (χ3v) is 2.78. The first-order valence-electron chi connectivity index (χ1n) is 5.92. The first-order valence-corrected chi connectivity index (χ1v) is 6.55. The van der Waals surface area contributed by atoms with E-state index in [-0.39, 0.29) is 24.0 Å². The molecule has 0 spiro atoms. The summed E-state index contributed by atoms with van der Waals surface area (Å²) in [5.74, 6) is -0.684. The number of thiol groups is 1. The SMILES string of the molecule is O=C(C[n+]1ccncc1C(=O)OCS)c1ccccc1. The summed E-state index contributed by atoms with van der Waals surface area (Å²) in [6, 6.07) is 8.89. The Kier molecular flexibility index (Phi) is 4.84. The number of Topliss-reactive ketones (excluding diaryl/α,β-unsaturated/α-hetero) is 1. The van der Waals surface area contributed by atoms with Gasteiger partial charge in [-0.05, 0) is 0 Å². The van der Waals surface area contributed by atoms with E-state index < -0.39 is 5.97 Å². The van der Waals surface area contributed by atoms with Crippen LogP contribution in [-0.4, -0.2) is 22.7 Å². The van der Waals surface area contributed by atoms with Gasteiger partial charge < -0.3 is 4.74 Å². The maximum Gasteiger partial charge on any atom is 0.406 e. The van der Waals surface area contributed by atoms with Gasteiger partial charge in [-0.1, -0.05) is 30.3 Å². The molecule has 2 aromatic rings. The van der Waals surface area contributed by atoms with Crippen molar-refractivity contribution in [1.29, 1.82) is 0 Å². The quantitative estimate of drug-likeness (QED) is 0.296. The number of esters is 1. The molecule has 0 atom stereocenters. The lowest BCUT2D eigenvalue weighted by Gasteiger charge is -2.02. The number of rotatable bonds is 5. The van der Waals surface area contributed by atoms with Crippen LogP contribution >= 0.6 is 12.6 Å².